The molecule has 0 radical (unpaired) electrons. The number of nitrogens with zero attached hydrogens (tertiary/aromatic N) is 1. The molecule has 1 heterocycles. The first-order valence-corrected chi connectivity index (χ1v) is 8.46. The fraction of sp³-hybridized carbons (Fsp3) is 0.500. The fourth-order valence-electron chi connectivity index (χ4n) is 2.31. The van der Waals surface area contributed by atoms with Crippen molar-refractivity contribution < 1.29 is 17.9 Å². The molecule has 1 aliphatic rings. The molecule has 0 bridgehead atoms. The van der Waals surface area contributed by atoms with Crippen LogP contribution in [0.1, 0.15) is 22.8 Å². The van der Waals surface area contributed by atoms with Gasteiger partial charge in [-0.1, -0.05) is 19.1 Å². The second-order valence-corrected chi connectivity index (χ2v) is 6.88. The number of hydrogen-bond donors (Lipinski definition) is 1. The highest BCUT2D eigenvalue weighted by atomic mass is 32.2. The summed E-state index contributed by atoms with van der Waals surface area (Å²) < 4.78 is 31.0. The molecule has 1 fully saturated rings. The number of ether oxygens (including phenoxy) is 1. The van der Waals surface area contributed by atoms with Crippen LogP contribution in [0.15, 0.2) is 24.3 Å². The van der Waals surface area contributed by atoms with Gasteiger partial charge in [-0.3, -0.25) is 0 Å². The minimum Gasteiger partial charge on any atom is -0.465 e. The number of hydrogen-bond acceptors (Lipinski definition) is 5. The Morgan fingerprint density at radius 1 is 1.33 bits per heavy atom. The quantitative estimate of drug-likeness (QED) is 0.778. The van der Waals surface area contributed by atoms with Gasteiger partial charge >= 0.3 is 5.97 Å². The van der Waals surface area contributed by atoms with E-state index in [4.69, 9.17) is 0 Å². The number of sulfonamides is 1. The summed E-state index contributed by atoms with van der Waals surface area (Å²) >= 11 is 0. The van der Waals surface area contributed by atoms with Crippen LogP contribution in [0.3, 0.4) is 0 Å². The zero-order chi connectivity index (χ0) is 15.5. The van der Waals surface area contributed by atoms with Crippen molar-refractivity contribution in [2.45, 2.75) is 18.7 Å². The van der Waals surface area contributed by atoms with E-state index < -0.39 is 16.0 Å². The second kappa shape index (κ2) is 6.55. The van der Waals surface area contributed by atoms with Gasteiger partial charge < -0.3 is 10.1 Å². The van der Waals surface area contributed by atoms with E-state index in [1.54, 1.807) is 24.3 Å². The van der Waals surface area contributed by atoms with E-state index in [9.17, 15) is 13.2 Å². The van der Waals surface area contributed by atoms with Crippen LogP contribution in [0.2, 0.25) is 0 Å². The summed E-state index contributed by atoms with van der Waals surface area (Å²) in [5, 5.41) is 3.08. The number of nitrogens with one attached hydrogen (secondary N) is 1. The number of methoxy groups -OCH3 is 1. The smallest absolute Gasteiger partial charge is 0.337 e. The van der Waals surface area contributed by atoms with Gasteiger partial charge in [0.05, 0.1) is 18.4 Å². The fourth-order valence-corrected chi connectivity index (χ4v) is 4.08. The van der Waals surface area contributed by atoms with Crippen LogP contribution in [-0.4, -0.2) is 51.5 Å². The molecule has 1 saturated heterocycles. The molecule has 21 heavy (non-hydrogen) atoms. The van der Waals surface area contributed by atoms with E-state index in [0.29, 0.717) is 30.8 Å². The summed E-state index contributed by atoms with van der Waals surface area (Å²) in [6.07, 6.45) is 0. The first-order valence-electron chi connectivity index (χ1n) is 6.85. The van der Waals surface area contributed by atoms with Crippen LogP contribution in [-0.2, 0) is 20.5 Å². The molecule has 0 amide bonds. The third kappa shape index (κ3) is 3.61. The van der Waals surface area contributed by atoms with Gasteiger partial charge in [0.2, 0.25) is 10.0 Å². The first kappa shape index (κ1) is 15.9. The molecule has 1 aromatic carbocycles. The number of likely N-dealkylation sites (N-methyl/N-ethyl adjacent to an activating group) is 1. The van der Waals surface area contributed by atoms with Gasteiger partial charge in [-0.2, -0.15) is 4.31 Å². The lowest BCUT2D eigenvalue weighted by Crippen LogP contribution is -2.58. The molecule has 0 atom stereocenters. The van der Waals surface area contributed by atoms with Gasteiger partial charge in [-0.05, 0) is 17.7 Å². The lowest BCUT2D eigenvalue weighted by atomic mass is 10.1. The third-order valence-corrected chi connectivity index (χ3v) is 5.53. The predicted molar refractivity (Wildman–Crippen MR) is 79.4 cm³/mol. The van der Waals surface area contributed by atoms with Gasteiger partial charge in [0.1, 0.15) is 0 Å². The molecule has 6 nitrogen and oxygen atoms in total. The number of rotatable bonds is 6. The van der Waals surface area contributed by atoms with Gasteiger partial charge in [0.25, 0.3) is 0 Å². The molecule has 0 spiro atoms. The second-order valence-electron chi connectivity index (χ2n) is 4.96. The Morgan fingerprint density at radius 2 is 1.95 bits per heavy atom. The molecule has 1 aromatic rings. The Hall–Kier alpha value is -1.44. The molecule has 0 aliphatic carbocycles. The van der Waals surface area contributed by atoms with Crippen molar-refractivity contribution in [2.24, 2.45) is 0 Å². The number of esters is 1. The van der Waals surface area contributed by atoms with Crippen molar-refractivity contribution in [1.29, 1.82) is 0 Å². The SMILES string of the molecule is CCN(C1CNC1)S(=O)(=O)Cc1ccc(C(=O)OC)cc1. The molecule has 2 rings (SSSR count). The van der Waals surface area contributed by atoms with Gasteiger partial charge in [0.15, 0.2) is 0 Å². The summed E-state index contributed by atoms with van der Waals surface area (Å²) in [5.74, 6) is -0.487. The molecule has 0 aromatic heterocycles. The average molecular weight is 312 g/mol. The largest absolute Gasteiger partial charge is 0.465 e. The maximum Gasteiger partial charge on any atom is 0.337 e. The van der Waals surface area contributed by atoms with Crippen LogP contribution in [0.25, 0.3) is 0 Å². The molecule has 116 valence electrons. The first-order chi connectivity index (χ1) is 9.97. The van der Waals surface area contributed by atoms with Crippen molar-refractivity contribution >= 4 is 16.0 Å². The Kier molecular flexibility index (Phi) is 4.97. The monoisotopic (exact) mass is 312 g/mol. The van der Waals surface area contributed by atoms with Gasteiger partial charge in [-0.15, -0.1) is 0 Å². The Labute approximate surface area is 125 Å². The Bertz CT molecular complexity index is 594. The number of carbonyl (C=O) groups is 1. The highest BCUT2D eigenvalue weighted by Crippen LogP contribution is 2.16. The highest BCUT2D eigenvalue weighted by molar-refractivity contribution is 7.88. The van der Waals surface area contributed by atoms with E-state index in [1.165, 1.54) is 11.4 Å². The molecule has 0 unspecified atom stereocenters. The normalized spacial score (nSPS) is 15.8. The zero-order valence-electron chi connectivity index (χ0n) is 12.2. The van der Waals surface area contributed by atoms with Crippen molar-refractivity contribution in [3.63, 3.8) is 0 Å². The number of benzene rings is 1. The average Bonchev–Trinajstić information content (AvgIpc) is 2.41. The van der Waals surface area contributed by atoms with Crippen LogP contribution in [0.5, 0.6) is 0 Å². The third-order valence-electron chi connectivity index (χ3n) is 3.56. The predicted octanol–water partition coefficient (Wildman–Crippen LogP) is 0.597. The van der Waals surface area contributed by atoms with Crippen LogP contribution < -0.4 is 5.32 Å². The topological polar surface area (TPSA) is 75.7 Å². The summed E-state index contributed by atoms with van der Waals surface area (Å²) in [4.78, 5) is 11.3. The lowest BCUT2D eigenvalue weighted by Gasteiger charge is -2.36. The Morgan fingerprint density at radius 3 is 2.38 bits per heavy atom. The summed E-state index contributed by atoms with van der Waals surface area (Å²) in [7, 11) is -2.04. The van der Waals surface area contributed by atoms with Crippen LogP contribution in [0.4, 0.5) is 0 Å². The number of carbonyl (C=O) groups excluding carboxylic acids is 1. The minimum absolute atomic E-state index is 0.0503. The van der Waals surface area contributed by atoms with Crippen molar-refractivity contribution in [3.05, 3.63) is 35.4 Å². The summed E-state index contributed by atoms with van der Waals surface area (Å²) in [6.45, 7) is 3.72. The molecule has 0 saturated carbocycles. The standard InChI is InChI=1S/C14H20N2O4S/c1-3-16(13-8-15-9-13)21(18,19)10-11-4-6-12(7-5-11)14(17)20-2/h4-7,13,15H,3,8-10H2,1-2H3. The Balaban J connectivity index is 2.10. The molecule has 1 N–H and O–H groups in total. The van der Waals surface area contributed by atoms with Crippen molar-refractivity contribution in [2.75, 3.05) is 26.7 Å². The van der Waals surface area contributed by atoms with Crippen LogP contribution >= 0.6 is 0 Å². The minimum atomic E-state index is -3.35. The van der Waals surface area contributed by atoms with Gasteiger partial charge in [-0.25, -0.2) is 13.2 Å². The van der Waals surface area contributed by atoms with E-state index in [0.717, 1.165) is 0 Å². The maximum absolute atomic E-state index is 12.4. The van der Waals surface area contributed by atoms with Crippen molar-refractivity contribution in [3.8, 4) is 0 Å². The van der Waals surface area contributed by atoms with E-state index in [1.807, 2.05) is 6.92 Å². The van der Waals surface area contributed by atoms with Crippen LogP contribution in [0, 0.1) is 0 Å². The summed E-state index contributed by atoms with van der Waals surface area (Å²) in [6, 6.07) is 6.51. The molecule has 1 aliphatic heterocycles. The molecular weight excluding hydrogens is 292 g/mol. The van der Waals surface area contributed by atoms with Gasteiger partial charge in [0, 0.05) is 25.7 Å². The van der Waals surface area contributed by atoms with E-state index >= 15 is 0 Å². The molecular formula is C14H20N2O4S. The highest BCUT2D eigenvalue weighted by Gasteiger charge is 2.32. The van der Waals surface area contributed by atoms with E-state index in [-0.39, 0.29) is 11.8 Å². The lowest BCUT2D eigenvalue weighted by molar-refractivity contribution is 0.0600. The molecule has 7 heteroatoms. The zero-order valence-corrected chi connectivity index (χ0v) is 13.0. The summed E-state index contributed by atoms with van der Waals surface area (Å²) in [5.41, 5.74) is 1.07. The maximum atomic E-state index is 12.4. The van der Waals surface area contributed by atoms with Crippen molar-refractivity contribution in [1.82, 2.24) is 9.62 Å². The van der Waals surface area contributed by atoms with E-state index in [2.05, 4.69) is 10.1 Å².